The van der Waals surface area contributed by atoms with Crippen molar-refractivity contribution in [2.75, 3.05) is 7.11 Å². The molecule has 0 spiro atoms. The molecule has 0 saturated heterocycles. The fourth-order valence-electron chi connectivity index (χ4n) is 2.66. The zero-order chi connectivity index (χ0) is 20.6. The fourth-order valence-corrected chi connectivity index (χ4v) is 3.21. The maximum absolute atomic E-state index is 12.6. The number of rotatable bonds is 8. The van der Waals surface area contributed by atoms with Gasteiger partial charge in [0, 0.05) is 12.0 Å². The van der Waals surface area contributed by atoms with Gasteiger partial charge in [-0.25, -0.2) is 4.79 Å². The molecule has 29 heavy (non-hydrogen) atoms. The van der Waals surface area contributed by atoms with Crippen LogP contribution in [0.25, 0.3) is 0 Å². The molecule has 0 radical (unpaired) electrons. The van der Waals surface area contributed by atoms with Gasteiger partial charge < -0.3 is 14.8 Å². The number of aryl methyl sites for hydroxylation is 1. The van der Waals surface area contributed by atoms with Crippen molar-refractivity contribution >= 4 is 23.6 Å². The maximum Gasteiger partial charge on any atom is 0.328 e. The lowest BCUT2D eigenvalue weighted by Gasteiger charge is -2.17. The molecule has 1 amide bonds. The third-order valence-electron chi connectivity index (χ3n) is 4.31. The number of nitrogens with zero attached hydrogens (tertiary/aromatic N) is 2. The molecule has 0 aliphatic rings. The van der Waals surface area contributed by atoms with E-state index in [-0.39, 0.29) is 5.91 Å². The van der Waals surface area contributed by atoms with E-state index in [2.05, 4.69) is 14.1 Å². The predicted octanol–water partition coefficient (Wildman–Crippen LogP) is 2.94. The molecule has 8 heteroatoms. The van der Waals surface area contributed by atoms with E-state index in [1.807, 2.05) is 37.3 Å². The highest BCUT2D eigenvalue weighted by Crippen LogP contribution is 2.15. The minimum Gasteiger partial charge on any atom is -0.487 e. The number of methoxy groups -OCH3 is 1. The Kier molecular flexibility index (Phi) is 6.91. The standard InChI is InChI=1S/C21H21N3O4S/c1-14-19(24-29-23-14)13-28-17-10-8-16(9-11-17)20(25)22-18(21(26)27-2)12-15-6-4-3-5-7-15/h3-11,18H,12-13H2,1-2H3,(H,22,25). The molecule has 1 heterocycles. The minimum absolute atomic E-state index is 0.315. The van der Waals surface area contributed by atoms with Crippen molar-refractivity contribution in [2.45, 2.75) is 26.0 Å². The van der Waals surface area contributed by atoms with E-state index >= 15 is 0 Å². The number of ether oxygens (including phenoxy) is 2. The third kappa shape index (κ3) is 5.61. The highest BCUT2D eigenvalue weighted by atomic mass is 32.1. The summed E-state index contributed by atoms with van der Waals surface area (Å²) in [6.07, 6.45) is 0.349. The monoisotopic (exact) mass is 411 g/mol. The number of nitrogens with one attached hydrogen (secondary N) is 1. The summed E-state index contributed by atoms with van der Waals surface area (Å²) in [7, 11) is 1.30. The van der Waals surface area contributed by atoms with Gasteiger partial charge in [0.2, 0.25) is 0 Å². The van der Waals surface area contributed by atoms with Gasteiger partial charge in [0.25, 0.3) is 5.91 Å². The molecule has 1 atom stereocenters. The maximum atomic E-state index is 12.6. The molecule has 150 valence electrons. The number of hydrogen-bond donors (Lipinski definition) is 1. The number of amides is 1. The van der Waals surface area contributed by atoms with Gasteiger partial charge in [0.15, 0.2) is 0 Å². The summed E-state index contributed by atoms with van der Waals surface area (Å²) in [6.45, 7) is 2.19. The number of carbonyl (C=O) groups excluding carboxylic acids is 2. The quantitative estimate of drug-likeness (QED) is 0.573. The lowest BCUT2D eigenvalue weighted by Crippen LogP contribution is -2.43. The predicted molar refractivity (Wildman–Crippen MR) is 109 cm³/mol. The van der Waals surface area contributed by atoms with Crippen molar-refractivity contribution in [1.29, 1.82) is 0 Å². The van der Waals surface area contributed by atoms with Gasteiger partial charge >= 0.3 is 5.97 Å². The summed E-state index contributed by atoms with van der Waals surface area (Å²) in [5.41, 5.74) is 2.99. The summed E-state index contributed by atoms with van der Waals surface area (Å²) in [6, 6.07) is 15.4. The molecule has 1 aromatic heterocycles. The molecular weight excluding hydrogens is 390 g/mol. The van der Waals surface area contributed by atoms with Crippen molar-refractivity contribution in [3.63, 3.8) is 0 Å². The molecule has 1 unspecified atom stereocenters. The SMILES string of the molecule is COC(=O)C(Cc1ccccc1)NC(=O)c1ccc(OCc2nsnc2C)cc1. The largest absolute Gasteiger partial charge is 0.487 e. The summed E-state index contributed by atoms with van der Waals surface area (Å²) >= 11 is 1.15. The number of hydrogen-bond acceptors (Lipinski definition) is 7. The first-order chi connectivity index (χ1) is 14.1. The van der Waals surface area contributed by atoms with Crippen LogP contribution in [0.4, 0.5) is 0 Å². The number of benzene rings is 2. The average molecular weight is 411 g/mol. The van der Waals surface area contributed by atoms with Gasteiger partial charge in [-0.1, -0.05) is 30.3 Å². The molecule has 0 aliphatic heterocycles. The molecule has 2 aromatic carbocycles. The zero-order valence-electron chi connectivity index (χ0n) is 16.1. The Hall–Kier alpha value is -3.26. The van der Waals surface area contributed by atoms with Gasteiger partial charge in [0.05, 0.1) is 24.5 Å². The van der Waals surface area contributed by atoms with Crippen LogP contribution < -0.4 is 10.1 Å². The summed E-state index contributed by atoms with van der Waals surface area (Å²) < 4.78 is 18.8. The van der Waals surface area contributed by atoms with Crippen LogP contribution in [0.2, 0.25) is 0 Å². The second-order valence-electron chi connectivity index (χ2n) is 6.35. The van der Waals surface area contributed by atoms with Gasteiger partial charge in [-0.3, -0.25) is 4.79 Å². The second-order valence-corrected chi connectivity index (χ2v) is 6.88. The molecular formula is C21H21N3O4S. The van der Waals surface area contributed by atoms with Crippen LogP contribution in [0, 0.1) is 6.92 Å². The Morgan fingerprint density at radius 1 is 1.07 bits per heavy atom. The van der Waals surface area contributed by atoms with E-state index in [1.54, 1.807) is 24.3 Å². The number of carbonyl (C=O) groups is 2. The lowest BCUT2D eigenvalue weighted by atomic mass is 10.1. The highest BCUT2D eigenvalue weighted by Gasteiger charge is 2.22. The van der Waals surface area contributed by atoms with E-state index < -0.39 is 12.0 Å². The van der Waals surface area contributed by atoms with Crippen molar-refractivity contribution in [3.05, 3.63) is 77.1 Å². The Morgan fingerprint density at radius 2 is 1.79 bits per heavy atom. The fraction of sp³-hybridized carbons (Fsp3) is 0.238. The molecule has 3 aromatic rings. The van der Waals surface area contributed by atoms with Gasteiger partial charge in [-0.2, -0.15) is 8.75 Å². The number of esters is 1. The van der Waals surface area contributed by atoms with Crippen LogP contribution in [0.3, 0.4) is 0 Å². The van der Waals surface area contributed by atoms with Gasteiger partial charge in [-0.15, -0.1) is 0 Å². The van der Waals surface area contributed by atoms with Crippen molar-refractivity contribution in [2.24, 2.45) is 0 Å². The smallest absolute Gasteiger partial charge is 0.328 e. The summed E-state index contributed by atoms with van der Waals surface area (Å²) in [5.74, 6) is -0.237. The van der Waals surface area contributed by atoms with E-state index in [4.69, 9.17) is 9.47 Å². The molecule has 0 aliphatic carbocycles. The van der Waals surface area contributed by atoms with Crippen LogP contribution in [0.1, 0.15) is 27.3 Å². The van der Waals surface area contributed by atoms with E-state index in [0.29, 0.717) is 24.3 Å². The summed E-state index contributed by atoms with van der Waals surface area (Å²) in [5, 5.41) is 2.74. The Balaban J connectivity index is 1.62. The Labute approximate surface area is 173 Å². The van der Waals surface area contributed by atoms with Crippen molar-refractivity contribution in [3.8, 4) is 5.75 Å². The van der Waals surface area contributed by atoms with Gasteiger partial charge in [-0.05, 0) is 36.8 Å². The third-order valence-corrected chi connectivity index (χ3v) is 4.97. The molecule has 0 fully saturated rings. The highest BCUT2D eigenvalue weighted by molar-refractivity contribution is 6.99. The molecule has 3 rings (SSSR count). The Morgan fingerprint density at radius 3 is 2.41 bits per heavy atom. The zero-order valence-corrected chi connectivity index (χ0v) is 16.9. The average Bonchev–Trinajstić information content (AvgIpc) is 3.17. The first kappa shape index (κ1) is 20.5. The van der Waals surface area contributed by atoms with E-state index in [1.165, 1.54) is 7.11 Å². The molecule has 7 nitrogen and oxygen atoms in total. The van der Waals surface area contributed by atoms with Gasteiger partial charge in [0.1, 0.15) is 24.1 Å². The topological polar surface area (TPSA) is 90.4 Å². The normalized spacial score (nSPS) is 11.5. The first-order valence-electron chi connectivity index (χ1n) is 9.00. The lowest BCUT2D eigenvalue weighted by molar-refractivity contribution is -0.142. The second kappa shape index (κ2) is 9.79. The van der Waals surface area contributed by atoms with Crippen LogP contribution in [-0.2, 0) is 22.6 Å². The summed E-state index contributed by atoms with van der Waals surface area (Å²) in [4.78, 5) is 24.7. The first-order valence-corrected chi connectivity index (χ1v) is 9.73. The Bertz CT molecular complexity index is 958. The molecule has 1 N–H and O–H groups in total. The van der Waals surface area contributed by atoms with Crippen LogP contribution in [0.5, 0.6) is 5.75 Å². The van der Waals surface area contributed by atoms with Crippen LogP contribution in [0.15, 0.2) is 54.6 Å². The molecule has 0 saturated carbocycles. The van der Waals surface area contributed by atoms with Crippen LogP contribution >= 0.6 is 11.7 Å². The van der Waals surface area contributed by atoms with E-state index in [9.17, 15) is 9.59 Å². The minimum atomic E-state index is -0.772. The molecule has 0 bridgehead atoms. The van der Waals surface area contributed by atoms with Crippen molar-refractivity contribution in [1.82, 2.24) is 14.1 Å². The van der Waals surface area contributed by atoms with E-state index in [0.717, 1.165) is 28.7 Å². The van der Waals surface area contributed by atoms with Crippen molar-refractivity contribution < 1.29 is 19.1 Å². The van der Waals surface area contributed by atoms with Crippen LogP contribution in [-0.4, -0.2) is 33.8 Å². The number of aromatic nitrogens is 2.